The topological polar surface area (TPSA) is 17.1 Å². The van der Waals surface area contributed by atoms with Crippen molar-refractivity contribution in [3.8, 4) is 0 Å². The van der Waals surface area contributed by atoms with Gasteiger partial charge in [0.2, 0.25) is 0 Å². The first-order valence-corrected chi connectivity index (χ1v) is 6.46. The van der Waals surface area contributed by atoms with Crippen LogP contribution in [-0.2, 0) is 6.42 Å². The summed E-state index contributed by atoms with van der Waals surface area (Å²) >= 11 is 5.82. The molecule has 0 amide bonds. The van der Waals surface area contributed by atoms with E-state index >= 15 is 0 Å². The molecule has 0 N–H and O–H groups in total. The highest BCUT2D eigenvalue weighted by molar-refractivity contribution is 6.30. The minimum absolute atomic E-state index is 0.213. The van der Waals surface area contributed by atoms with Gasteiger partial charge in [0.05, 0.1) is 0 Å². The molecular weight excluding hydrogens is 244 g/mol. The Morgan fingerprint density at radius 2 is 1.61 bits per heavy atom. The lowest BCUT2D eigenvalue weighted by atomic mass is 10.0. The highest BCUT2D eigenvalue weighted by atomic mass is 35.5. The number of Topliss-reactive ketones (excluding diaryl/α,β-unsaturated/α-hetero) is 1. The second-order valence-corrected chi connectivity index (χ2v) is 4.71. The maximum atomic E-state index is 11.9. The lowest BCUT2D eigenvalue weighted by Gasteiger charge is -2.02. The van der Waals surface area contributed by atoms with E-state index in [-0.39, 0.29) is 5.78 Å². The summed E-state index contributed by atoms with van der Waals surface area (Å²) in [4.78, 5) is 11.9. The van der Waals surface area contributed by atoms with Gasteiger partial charge in [-0.05, 0) is 30.5 Å². The van der Waals surface area contributed by atoms with Gasteiger partial charge in [-0.15, -0.1) is 0 Å². The monoisotopic (exact) mass is 258 g/mol. The van der Waals surface area contributed by atoms with E-state index in [2.05, 4.69) is 0 Å². The highest BCUT2D eigenvalue weighted by Crippen LogP contribution is 2.13. The van der Waals surface area contributed by atoms with Crippen molar-refractivity contribution in [1.29, 1.82) is 0 Å². The van der Waals surface area contributed by atoms with Crippen LogP contribution in [0.5, 0.6) is 0 Å². The standard InChI is InChI=1S/C16H15ClO/c17-15-11-9-13(10-12-15)5-4-8-16(18)14-6-2-1-3-7-14/h1-3,6-7,9-12H,4-5,8H2. The van der Waals surface area contributed by atoms with E-state index in [4.69, 9.17) is 11.6 Å². The first-order chi connectivity index (χ1) is 8.75. The minimum Gasteiger partial charge on any atom is -0.294 e. The first-order valence-electron chi connectivity index (χ1n) is 6.08. The summed E-state index contributed by atoms with van der Waals surface area (Å²) in [7, 11) is 0. The lowest BCUT2D eigenvalue weighted by molar-refractivity contribution is 0.0980. The maximum Gasteiger partial charge on any atom is 0.162 e. The SMILES string of the molecule is O=C(CCCc1ccc(Cl)cc1)c1ccccc1. The summed E-state index contributed by atoms with van der Waals surface area (Å²) in [5.74, 6) is 0.213. The molecule has 0 saturated heterocycles. The highest BCUT2D eigenvalue weighted by Gasteiger charge is 2.04. The van der Waals surface area contributed by atoms with Crippen molar-refractivity contribution in [1.82, 2.24) is 0 Å². The number of hydrogen-bond donors (Lipinski definition) is 0. The zero-order valence-electron chi connectivity index (χ0n) is 10.1. The van der Waals surface area contributed by atoms with E-state index in [0.29, 0.717) is 6.42 Å². The predicted molar refractivity (Wildman–Crippen MR) is 75.2 cm³/mol. The predicted octanol–water partition coefficient (Wildman–Crippen LogP) is 4.55. The molecule has 2 heteroatoms. The van der Waals surface area contributed by atoms with Gasteiger partial charge in [0.25, 0.3) is 0 Å². The van der Waals surface area contributed by atoms with Crippen LogP contribution >= 0.6 is 11.6 Å². The summed E-state index contributed by atoms with van der Waals surface area (Å²) in [6, 6.07) is 17.2. The lowest BCUT2D eigenvalue weighted by Crippen LogP contribution is -1.99. The number of carbonyl (C=O) groups excluding carboxylic acids is 1. The average molecular weight is 259 g/mol. The fourth-order valence-electron chi connectivity index (χ4n) is 1.87. The van der Waals surface area contributed by atoms with Crippen LogP contribution in [0.4, 0.5) is 0 Å². The molecule has 0 heterocycles. The molecule has 0 unspecified atom stereocenters. The third kappa shape index (κ3) is 3.71. The van der Waals surface area contributed by atoms with Crippen LogP contribution in [-0.4, -0.2) is 5.78 Å². The number of benzene rings is 2. The molecule has 1 nitrogen and oxygen atoms in total. The summed E-state index contributed by atoms with van der Waals surface area (Å²) in [5, 5.41) is 0.749. The van der Waals surface area contributed by atoms with Gasteiger partial charge >= 0.3 is 0 Å². The first kappa shape index (κ1) is 12.8. The van der Waals surface area contributed by atoms with E-state index in [9.17, 15) is 4.79 Å². The zero-order valence-corrected chi connectivity index (χ0v) is 10.9. The van der Waals surface area contributed by atoms with Gasteiger partial charge in [0, 0.05) is 17.0 Å². The van der Waals surface area contributed by atoms with Gasteiger partial charge in [-0.3, -0.25) is 4.79 Å². The Morgan fingerprint density at radius 3 is 2.28 bits per heavy atom. The molecule has 0 aliphatic rings. The summed E-state index contributed by atoms with van der Waals surface area (Å²) in [6.45, 7) is 0. The molecule has 0 aromatic heterocycles. The van der Waals surface area contributed by atoms with Gasteiger partial charge in [0.15, 0.2) is 5.78 Å². The molecule has 0 saturated carbocycles. The number of rotatable bonds is 5. The van der Waals surface area contributed by atoms with Crippen LogP contribution in [0.1, 0.15) is 28.8 Å². The smallest absolute Gasteiger partial charge is 0.162 e. The molecule has 0 radical (unpaired) electrons. The van der Waals surface area contributed by atoms with Crippen molar-refractivity contribution in [3.63, 3.8) is 0 Å². The summed E-state index contributed by atoms with van der Waals surface area (Å²) in [5.41, 5.74) is 2.02. The second-order valence-electron chi connectivity index (χ2n) is 4.27. The van der Waals surface area contributed by atoms with Gasteiger partial charge in [-0.2, -0.15) is 0 Å². The number of carbonyl (C=O) groups is 1. The number of hydrogen-bond acceptors (Lipinski definition) is 1. The Labute approximate surface area is 112 Å². The molecule has 92 valence electrons. The van der Waals surface area contributed by atoms with E-state index in [1.54, 1.807) is 0 Å². The molecule has 0 spiro atoms. The quantitative estimate of drug-likeness (QED) is 0.720. The molecule has 0 aliphatic heterocycles. The summed E-state index contributed by atoms with van der Waals surface area (Å²) in [6.07, 6.45) is 2.37. The third-order valence-corrected chi connectivity index (χ3v) is 3.13. The van der Waals surface area contributed by atoms with E-state index in [1.807, 2.05) is 54.6 Å². The molecule has 2 aromatic carbocycles. The van der Waals surface area contributed by atoms with Crippen LogP contribution in [0.2, 0.25) is 5.02 Å². The molecule has 0 fully saturated rings. The van der Waals surface area contributed by atoms with Crippen molar-refractivity contribution < 1.29 is 4.79 Å². The molecule has 0 bridgehead atoms. The zero-order chi connectivity index (χ0) is 12.8. The normalized spacial score (nSPS) is 10.3. The van der Waals surface area contributed by atoms with Gasteiger partial charge in [0.1, 0.15) is 0 Å². The number of aryl methyl sites for hydroxylation is 1. The van der Waals surface area contributed by atoms with Crippen molar-refractivity contribution in [2.75, 3.05) is 0 Å². The Bertz CT molecular complexity index is 502. The van der Waals surface area contributed by atoms with Crippen molar-refractivity contribution in [3.05, 3.63) is 70.7 Å². The summed E-state index contributed by atoms with van der Waals surface area (Å²) < 4.78 is 0. The minimum atomic E-state index is 0.213. The van der Waals surface area contributed by atoms with Crippen molar-refractivity contribution in [2.45, 2.75) is 19.3 Å². The van der Waals surface area contributed by atoms with E-state index in [1.165, 1.54) is 5.56 Å². The van der Waals surface area contributed by atoms with E-state index < -0.39 is 0 Å². The van der Waals surface area contributed by atoms with Crippen LogP contribution in [0.15, 0.2) is 54.6 Å². The van der Waals surface area contributed by atoms with Crippen LogP contribution in [0.3, 0.4) is 0 Å². The molecule has 0 atom stereocenters. The molecule has 2 aromatic rings. The Balaban J connectivity index is 1.82. The van der Waals surface area contributed by atoms with Gasteiger partial charge < -0.3 is 0 Å². The van der Waals surface area contributed by atoms with Gasteiger partial charge in [-0.1, -0.05) is 54.1 Å². The number of halogens is 1. The molecule has 18 heavy (non-hydrogen) atoms. The van der Waals surface area contributed by atoms with Crippen LogP contribution < -0.4 is 0 Å². The maximum absolute atomic E-state index is 11.9. The van der Waals surface area contributed by atoms with Crippen LogP contribution in [0.25, 0.3) is 0 Å². The second kappa shape index (κ2) is 6.36. The number of ketones is 1. The van der Waals surface area contributed by atoms with E-state index in [0.717, 1.165) is 23.4 Å². The third-order valence-electron chi connectivity index (χ3n) is 2.88. The van der Waals surface area contributed by atoms with Crippen molar-refractivity contribution >= 4 is 17.4 Å². The molecule has 2 rings (SSSR count). The fourth-order valence-corrected chi connectivity index (χ4v) is 2.00. The average Bonchev–Trinajstić information content (AvgIpc) is 2.42. The Morgan fingerprint density at radius 1 is 0.944 bits per heavy atom. The Hall–Kier alpha value is -1.60. The van der Waals surface area contributed by atoms with Crippen molar-refractivity contribution in [2.24, 2.45) is 0 Å². The molecule has 0 aliphatic carbocycles. The molecular formula is C16H15ClO. The van der Waals surface area contributed by atoms with Crippen LogP contribution in [0, 0.1) is 0 Å². The fraction of sp³-hybridized carbons (Fsp3) is 0.188. The largest absolute Gasteiger partial charge is 0.294 e. The Kier molecular flexibility index (Phi) is 4.54. The van der Waals surface area contributed by atoms with Gasteiger partial charge in [-0.25, -0.2) is 0 Å².